The maximum Gasteiger partial charge on any atom is 0.426 e. The lowest BCUT2D eigenvalue weighted by atomic mass is 9.83. The number of para-hydroxylation sites is 1. The second kappa shape index (κ2) is 7.68. The summed E-state index contributed by atoms with van der Waals surface area (Å²) in [6.07, 6.45) is -0.106. The van der Waals surface area contributed by atoms with Crippen LogP contribution in [-0.2, 0) is 19.0 Å². The van der Waals surface area contributed by atoms with E-state index in [1.54, 1.807) is 19.2 Å². The average Bonchev–Trinajstić information content (AvgIpc) is 3.14. The fraction of sp³-hybridized carbons (Fsp3) is 0.381. The maximum absolute atomic E-state index is 12.9. The molecule has 0 radical (unpaired) electrons. The van der Waals surface area contributed by atoms with Crippen LogP contribution < -0.4 is 5.32 Å². The molecular formula is C21H24N2O5S. The summed E-state index contributed by atoms with van der Waals surface area (Å²) in [5.41, 5.74) is 2.82. The number of carbonyl (C=O) groups excluding carboxylic acids is 1. The molecule has 8 heteroatoms. The first kappa shape index (κ1) is 19.7. The van der Waals surface area contributed by atoms with Crippen molar-refractivity contribution in [2.75, 3.05) is 25.6 Å². The van der Waals surface area contributed by atoms with Gasteiger partial charge in [-0.3, -0.25) is 4.90 Å². The standard InChI is InChI=1S/C21H24N2O5S/c1-14-7-9-15(10-8-14)29(25,26)28-21(24)23-12-11-17-19(13-27-2)22-18-6-4-3-5-16(18)20(17)23/h3-10,17,19-20,22H,11-13H2,1-2H3. The fourth-order valence-corrected chi connectivity index (χ4v) is 5.12. The van der Waals surface area contributed by atoms with Gasteiger partial charge in [-0.2, -0.15) is 8.42 Å². The van der Waals surface area contributed by atoms with Gasteiger partial charge in [0.25, 0.3) is 0 Å². The Morgan fingerprint density at radius 3 is 2.62 bits per heavy atom. The summed E-state index contributed by atoms with van der Waals surface area (Å²) in [5, 5.41) is 3.49. The molecule has 1 fully saturated rings. The molecule has 7 nitrogen and oxygen atoms in total. The first-order valence-corrected chi connectivity index (χ1v) is 11.0. The molecule has 3 unspecified atom stereocenters. The minimum Gasteiger partial charge on any atom is -0.383 e. The van der Waals surface area contributed by atoms with Crippen molar-refractivity contribution in [3.63, 3.8) is 0 Å². The Balaban J connectivity index is 1.61. The molecule has 0 bridgehead atoms. The molecule has 1 N–H and O–H groups in total. The summed E-state index contributed by atoms with van der Waals surface area (Å²) >= 11 is 0. The predicted molar refractivity (Wildman–Crippen MR) is 108 cm³/mol. The maximum atomic E-state index is 12.9. The summed E-state index contributed by atoms with van der Waals surface area (Å²) < 4.78 is 35.5. The summed E-state index contributed by atoms with van der Waals surface area (Å²) in [7, 11) is -2.54. The highest BCUT2D eigenvalue weighted by atomic mass is 32.2. The van der Waals surface area contributed by atoms with Crippen molar-refractivity contribution in [2.45, 2.75) is 30.3 Å². The van der Waals surface area contributed by atoms with Crippen LogP contribution >= 0.6 is 0 Å². The zero-order valence-corrected chi connectivity index (χ0v) is 17.2. The molecule has 3 atom stereocenters. The van der Waals surface area contributed by atoms with Crippen LogP contribution in [0.3, 0.4) is 0 Å². The van der Waals surface area contributed by atoms with Gasteiger partial charge in [0.15, 0.2) is 0 Å². The van der Waals surface area contributed by atoms with Crippen LogP contribution in [0.25, 0.3) is 0 Å². The van der Waals surface area contributed by atoms with Gasteiger partial charge in [0, 0.05) is 25.3 Å². The average molecular weight is 416 g/mol. The van der Waals surface area contributed by atoms with Crippen LogP contribution in [0.15, 0.2) is 53.4 Å². The monoisotopic (exact) mass is 416 g/mol. The van der Waals surface area contributed by atoms with Crippen LogP contribution in [0.2, 0.25) is 0 Å². The molecular weight excluding hydrogens is 392 g/mol. The molecule has 2 aromatic carbocycles. The number of hydrogen-bond acceptors (Lipinski definition) is 6. The normalized spacial score (nSPS) is 23.1. The van der Waals surface area contributed by atoms with Gasteiger partial charge in [-0.1, -0.05) is 35.9 Å². The Bertz CT molecular complexity index is 1010. The summed E-state index contributed by atoms with van der Waals surface area (Å²) in [5.74, 6) is 0.111. The minimum atomic E-state index is -4.18. The van der Waals surface area contributed by atoms with Gasteiger partial charge in [0.2, 0.25) is 0 Å². The van der Waals surface area contributed by atoms with E-state index in [1.807, 2.05) is 31.2 Å². The Morgan fingerprint density at radius 2 is 1.90 bits per heavy atom. The van der Waals surface area contributed by atoms with Crippen LogP contribution in [0.4, 0.5) is 10.5 Å². The Kier molecular flexibility index (Phi) is 5.23. The predicted octanol–water partition coefficient (Wildman–Crippen LogP) is 3.32. The molecule has 0 saturated carbocycles. The largest absolute Gasteiger partial charge is 0.426 e. The molecule has 4 rings (SSSR count). The number of likely N-dealkylation sites (tertiary alicyclic amines) is 1. The lowest BCUT2D eigenvalue weighted by molar-refractivity contribution is 0.125. The molecule has 154 valence electrons. The zero-order valence-electron chi connectivity index (χ0n) is 16.4. The van der Waals surface area contributed by atoms with Gasteiger partial charge in [0.1, 0.15) is 4.90 Å². The lowest BCUT2D eigenvalue weighted by Gasteiger charge is -2.39. The van der Waals surface area contributed by atoms with E-state index in [1.165, 1.54) is 17.0 Å². The Hall–Kier alpha value is -2.58. The van der Waals surface area contributed by atoms with Gasteiger partial charge >= 0.3 is 16.2 Å². The highest BCUT2D eigenvalue weighted by Gasteiger charge is 2.47. The van der Waals surface area contributed by atoms with Crippen LogP contribution in [0.1, 0.15) is 23.6 Å². The Labute approximate surface area is 170 Å². The van der Waals surface area contributed by atoms with Crippen LogP contribution in [0.5, 0.6) is 0 Å². The molecule has 2 heterocycles. The van der Waals surface area contributed by atoms with E-state index in [0.29, 0.717) is 13.2 Å². The van der Waals surface area contributed by atoms with Crippen molar-refractivity contribution >= 4 is 21.9 Å². The molecule has 2 aliphatic heterocycles. The van der Waals surface area contributed by atoms with Gasteiger partial charge in [0.05, 0.1) is 18.7 Å². The Morgan fingerprint density at radius 1 is 1.17 bits per heavy atom. The summed E-state index contributed by atoms with van der Waals surface area (Å²) in [6.45, 7) is 2.78. The number of aryl methyl sites for hydroxylation is 1. The number of benzene rings is 2. The van der Waals surface area contributed by atoms with E-state index >= 15 is 0 Å². The van der Waals surface area contributed by atoms with Gasteiger partial charge < -0.3 is 14.2 Å². The van der Waals surface area contributed by atoms with Crippen LogP contribution in [0, 0.1) is 12.8 Å². The molecule has 29 heavy (non-hydrogen) atoms. The van der Waals surface area contributed by atoms with Crippen molar-refractivity contribution in [1.29, 1.82) is 0 Å². The minimum absolute atomic E-state index is 0.0323. The fourth-order valence-electron chi connectivity index (χ4n) is 4.27. The van der Waals surface area contributed by atoms with Crippen LogP contribution in [-0.4, -0.2) is 45.7 Å². The van der Waals surface area contributed by atoms with E-state index in [9.17, 15) is 13.2 Å². The molecule has 2 aliphatic rings. The van der Waals surface area contributed by atoms with E-state index in [4.69, 9.17) is 8.92 Å². The quantitative estimate of drug-likeness (QED) is 0.770. The number of anilines is 1. The van der Waals surface area contributed by atoms with Crippen molar-refractivity contribution in [3.05, 3.63) is 59.7 Å². The molecule has 2 aromatic rings. The number of nitrogens with one attached hydrogen (secondary N) is 1. The number of rotatable bonds is 4. The molecule has 0 aromatic heterocycles. The van der Waals surface area contributed by atoms with Gasteiger partial charge in [-0.15, -0.1) is 0 Å². The first-order chi connectivity index (χ1) is 13.9. The highest BCUT2D eigenvalue weighted by molar-refractivity contribution is 7.87. The highest BCUT2D eigenvalue weighted by Crippen LogP contribution is 2.46. The van der Waals surface area contributed by atoms with E-state index in [-0.39, 0.29) is 22.9 Å². The second-order valence-corrected chi connectivity index (χ2v) is 9.05. The first-order valence-electron chi connectivity index (χ1n) is 9.57. The smallest absolute Gasteiger partial charge is 0.383 e. The number of amides is 1. The van der Waals surface area contributed by atoms with Crippen molar-refractivity contribution in [2.24, 2.45) is 5.92 Å². The number of carbonyl (C=O) groups is 1. The zero-order chi connectivity index (χ0) is 20.6. The van der Waals surface area contributed by atoms with Crippen molar-refractivity contribution in [3.8, 4) is 0 Å². The lowest BCUT2D eigenvalue weighted by Crippen LogP contribution is -2.43. The topological polar surface area (TPSA) is 84.9 Å². The summed E-state index contributed by atoms with van der Waals surface area (Å²) in [4.78, 5) is 14.4. The van der Waals surface area contributed by atoms with Crippen molar-refractivity contribution < 1.29 is 22.1 Å². The third kappa shape index (κ3) is 3.70. The molecule has 1 amide bonds. The van der Waals surface area contributed by atoms with Crippen molar-refractivity contribution in [1.82, 2.24) is 4.90 Å². The third-order valence-corrected chi connectivity index (χ3v) is 6.86. The van der Waals surface area contributed by atoms with E-state index < -0.39 is 16.2 Å². The van der Waals surface area contributed by atoms with Gasteiger partial charge in [-0.25, -0.2) is 4.79 Å². The second-order valence-electron chi connectivity index (χ2n) is 7.50. The summed E-state index contributed by atoms with van der Waals surface area (Å²) in [6, 6.07) is 13.8. The molecule has 1 saturated heterocycles. The third-order valence-electron chi connectivity index (χ3n) is 5.65. The number of fused-ring (bicyclic) bond motifs is 3. The van der Waals surface area contributed by atoms with E-state index in [0.717, 1.165) is 23.2 Å². The SMILES string of the molecule is COCC1Nc2ccccc2C2C1CCN2C(=O)OS(=O)(=O)c1ccc(C)cc1. The number of hydrogen-bond donors (Lipinski definition) is 1. The molecule has 0 spiro atoms. The molecule has 0 aliphatic carbocycles. The van der Waals surface area contributed by atoms with E-state index in [2.05, 4.69) is 5.32 Å². The number of methoxy groups -OCH3 is 1. The number of ether oxygens (including phenoxy) is 1. The number of nitrogens with zero attached hydrogens (tertiary/aromatic N) is 1. The van der Waals surface area contributed by atoms with Gasteiger partial charge in [-0.05, 0) is 37.1 Å².